The average Bonchev–Trinajstić information content (AvgIpc) is 2.76. The van der Waals surface area contributed by atoms with Crippen LogP contribution in [0, 0.1) is 41.5 Å². The lowest BCUT2D eigenvalue weighted by Gasteiger charge is -2.35. The van der Waals surface area contributed by atoms with Gasteiger partial charge in [-0.05, 0) is 74.9 Å². The fourth-order valence-corrected chi connectivity index (χ4v) is 9.66. The Morgan fingerprint density at radius 1 is 0.424 bits per heavy atom. The lowest BCUT2D eigenvalue weighted by Crippen LogP contribution is -2.32. The molecule has 0 aromatic heterocycles. The van der Waals surface area contributed by atoms with E-state index in [1.807, 2.05) is 18.2 Å². The first kappa shape index (κ1) is 24.4. The van der Waals surface area contributed by atoms with Crippen molar-refractivity contribution in [2.75, 3.05) is 0 Å². The van der Waals surface area contributed by atoms with Gasteiger partial charge >= 0.3 is 0 Å². The zero-order valence-corrected chi connectivity index (χ0v) is 22.4. The normalized spacial score (nSPS) is 20.4. The SMILES string of the molecule is Cc1cccc(C)c1OP1NP(Oc2c(C)cccc2C)NP(Oc2c(C)cccc2C)N1. The van der Waals surface area contributed by atoms with Crippen molar-refractivity contribution in [2.24, 2.45) is 0 Å². The Hall–Kier alpha value is -1.77. The van der Waals surface area contributed by atoms with Crippen molar-refractivity contribution in [3.05, 3.63) is 88.0 Å². The monoisotopic (exact) mass is 501 g/mol. The maximum Gasteiger partial charge on any atom is 0.257 e. The molecular weight excluding hydrogens is 471 g/mol. The number of nitrogens with one attached hydrogen (secondary N) is 3. The first-order chi connectivity index (χ1) is 15.8. The van der Waals surface area contributed by atoms with E-state index in [1.54, 1.807) is 0 Å². The van der Waals surface area contributed by atoms with Gasteiger partial charge in [0.05, 0.1) is 0 Å². The van der Waals surface area contributed by atoms with E-state index in [0.29, 0.717) is 0 Å². The molecule has 0 atom stereocenters. The zero-order valence-electron chi connectivity index (χ0n) is 19.8. The molecule has 6 nitrogen and oxygen atoms in total. The minimum atomic E-state index is -1.24. The van der Waals surface area contributed by atoms with Crippen molar-refractivity contribution in [2.45, 2.75) is 41.5 Å². The molecular formula is C24H30N3O3P3. The van der Waals surface area contributed by atoms with E-state index in [0.717, 1.165) is 50.6 Å². The Bertz CT molecular complexity index is 937. The van der Waals surface area contributed by atoms with Crippen LogP contribution in [0.15, 0.2) is 54.6 Å². The highest BCUT2D eigenvalue weighted by Gasteiger charge is 2.35. The smallest absolute Gasteiger partial charge is 0.257 e. The Morgan fingerprint density at radius 2 is 0.636 bits per heavy atom. The maximum atomic E-state index is 6.45. The molecule has 1 fully saturated rings. The molecule has 1 aliphatic heterocycles. The van der Waals surface area contributed by atoms with Crippen LogP contribution in [0.3, 0.4) is 0 Å². The summed E-state index contributed by atoms with van der Waals surface area (Å²) in [5, 5.41) is 0. The van der Waals surface area contributed by atoms with Gasteiger partial charge in [-0.2, -0.15) is 14.6 Å². The van der Waals surface area contributed by atoms with E-state index < -0.39 is 25.3 Å². The molecule has 1 saturated heterocycles. The fraction of sp³-hybridized carbons (Fsp3) is 0.250. The van der Waals surface area contributed by atoms with Gasteiger partial charge in [0.15, 0.2) is 0 Å². The molecule has 0 unspecified atom stereocenters. The second-order valence-electron chi connectivity index (χ2n) is 8.12. The van der Waals surface area contributed by atoms with Crippen molar-refractivity contribution >= 4 is 25.3 Å². The van der Waals surface area contributed by atoms with E-state index in [1.165, 1.54) is 0 Å². The van der Waals surface area contributed by atoms with Gasteiger partial charge in [0, 0.05) is 0 Å². The molecule has 33 heavy (non-hydrogen) atoms. The molecule has 0 saturated carbocycles. The summed E-state index contributed by atoms with van der Waals surface area (Å²) in [6.07, 6.45) is 0. The van der Waals surface area contributed by atoms with Crippen LogP contribution in [0.2, 0.25) is 0 Å². The molecule has 3 aromatic rings. The third kappa shape index (κ3) is 5.84. The number of para-hydroxylation sites is 3. The van der Waals surface area contributed by atoms with Crippen molar-refractivity contribution in [1.82, 2.24) is 14.6 Å². The first-order valence-corrected chi connectivity index (χ1v) is 14.5. The van der Waals surface area contributed by atoms with Crippen LogP contribution in [0.1, 0.15) is 33.4 Å². The number of hydrogen-bond donors (Lipinski definition) is 3. The molecule has 3 N–H and O–H groups in total. The molecule has 0 amide bonds. The van der Waals surface area contributed by atoms with Crippen LogP contribution in [0.25, 0.3) is 0 Å². The van der Waals surface area contributed by atoms with Crippen LogP contribution in [0.4, 0.5) is 0 Å². The standard InChI is InChI=1S/C24H30N3O3P3/c1-16-10-7-11-17(2)22(16)28-31-25-32(29-23-18(3)12-8-13-19(23)4)27-33(26-31)30-24-20(5)14-9-15-21(24)6/h7-15,25-27H,1-6H3. The minimum Gasteiger partial charge on any atom is -0.444 e. The third-order valence-electron chi connectivity index (χ3n) is 5.32. The molecule has 0 radical (unpaired) electrons. The van der Waals surface area contributed by atoms with E-state index in [2.05, 4.69) is 92.5 Å². The lowest BCUT2D eigenvalue weighted by atomic mass is 10.1. The lowest BCUT2D eigenvalue weighted by molar-refractivity contribution is 0.554. The summed E-state index contributed by atoms with van der Waals surface area (Å²) in [6.45, 7) is 12.4. The summed E-state index contributed by atoms with van der Waals surface area (Å²) >= 11 is 0. The summed E-state index contributed by atoms with van der Waals surface area (Å²) in [7, 11) is -3.73. The summed E-state index contributed by atoms with van der Waals surface area (Å²) in [5.74, 6) is 2.65. The number of hydrogen-bond acceptors (Lipinski definition) is 6. The Kier molecular flexibility index (Phi) is 7.87. The van der Waals surface area contributed by atoms with Gasteiger partial charge in [0.1, 0.15) is 17.2 Å². The summed E-state index contributed by atoms with van der Waals surface area (Å²) in [5.41, 5.74) is 6.58. The zero-order chi connectivity index (χ0) is 23.5. The number of rotatable bonds is 6. The number of aryl methyl sites for hydroxylation is 6. The van der Waals surface area contributed by atoms with Crippen LogP contribution < -0.4 is 28.1 Å². The molecule has 4 rings (SSSR count). The van der Waals surface area contributed by atoms with Crippen LogP contribution in [0.5, 0.6) is 17.2 Å². The topological polar surface area (TPSA) is 63.8 Å². The second-order valence-corrected chi connectivity index (χ2v) is 12.8. The van der Waals surface area contributed by atoms with E-state index in [-0.39, 0.29) is 0 Å². The van der Waals surface area contributed by atoms with Crippen LogP contribution >= 0.6 is 25.3 Å². The van der Waals surface area contributed by atoms with E-state index in [4.69, 9.17) is 13.6 Å². The summed E-state index contributed by atoms with van der Waals surface area (Å²) in [6, 6.07) is 18.5. The van der Waals surface area contributed by atoms with E-state index >= 15 is 0 Å². The van der Waals surface area contributed by atoms with Gasteiger partial charge in [0.2, 0.25) is 0 Å². The van der Waals surface area contributed by atoms with Crippen molar-refractivity contribution < 1.29 is 13.6 Å². The third-order valence-corrected chi connectivity index (χ3v) is 10.8. The van der Waals surface area contributed by atoms with Gasteiger partial charge < -0.3 is 13.6 Å². The maximum absolute atomic E-state index is 6.45. The number of benzene rings is 3. The highest BCUT2D eigenvalue weighted by atomic mass is 31.3. The van der Waals surface area contributed by atoms with Gasteiger partial charge in [-0.1, -0.05) is 54.6 Å². The van der Waals surface area contributed by atoms with Gasteiger partial charge in [-0.3, -0.25) is 0 Å². The molecule has 1 heterocycles. The molecule has 0 bridgehead atoms. The Balaban J connectivity index is 1.60. The van der Waals surface area contributed by atoms with Crippen molar-refractivity contribution in [3.63, 3.8) is 0 Å². The van der Waals surface area contributed by atoms with Gasteiger partial charge in [0.25, 0.3) is 25.3 Å². The predicted molar refractivity (Wildman–Crippen MR) is 140 cm³/mol. The summed E-state index contributed by atoms with van der Waals surface area (Å²) in [4.78, 5) is 10.5. The molecule has 174 valence electrons. The highest BCUT2D eigenvalue weighted by molar-refractivity contribution is 7.79. The van der Waals surface area contributed by atoms with Crippen molar-refractivity contribution in [3.8, 4) is 17.2 Å². The Labute approximate surface area is 200 Å². The fourth-order valence-electron chi connectivity index (χ4n) is 3.54. The molecule has 1 aliphatic rings. The van der Waals surface area contributed by atoms with Gasteiger partial charge in [-0.25, -0.2) is 0 Å². The average molecular weight is 501 g/mol. The summed E-state index contributed by atoms with van der Waals surface area (Å²) < 4.78 is 19.3. The molecule has 0 aliphatic carbocycles. The highest BCUT2D eigenvalue weighted by Crippen LogP contribution is 2.57. The second kappa shape index (κ2) is 10.7. The predicted octanol–water partition coefficient (Wildman–Crippen LogP) is 7.54. The Morgan fingerprint density at radius 3 is 0.848 bits per heavy atom. The van der Waals surface area contributed by atoms with E-state index in [9.17, 15) is 0 Å². The quantitative estimate of drug-likeness (QED) is 0.304. The molecule has 9 heteroatoms. The first-order valence-electron chi connectivity index (χ1n) is 10.7. The van der Waals surface area contributed by atoms with Crippen LogP contribution in [-0.2, 0) is 0 Å². The molecule has 0 spiro atoms. The minimum absolute atomic E-state index is 0.884. The van der Waals surface area contributed by atoms with Gasteiger partial charge in [-0.15, -0.1) is 0 Å². The largest absolute Gasteiger partial charge is 0.444 e. The van der Waals surface area contributed by atoms with Crippen molar-refractivity contribution in [1.29, 1.82) is 0 Å². The molecule has 3 aromatic carbocycles. The van der Waals surface area contributed by atoms with Crippen LogP contribution in [-0.4, -0.2) is 0 Å².